The summed E-state index contributed by atoms with van der Waals surface area (Å²) in [7, 11) is 0. The van der Waals surface area contributed by atoms with Gasteiger partial charge in [0.05, 0.1) is 19.8 Å². The average Bonchev–Trinajstić information content (AvgIpc) is 2.29. The zero-order valence-electron chi connectivity index (χ0n) is 8.87. The Labute approximate surface area is 91.3 Å². The number of alkyl halides is 2. The number of nitrogens with zero attached hydrogens (tertiary/aromatic N) is 1. The van der Waals surface area contributed by atoms with Crippen LogP contribution in [0.15, 0.2) is 0 Å². The molecule has 1 saturated heterocycles. The minimum atomic E-state index is -4.10. The Balaban J connectivity index is 2.66. The van der Waals surface area contributed by atoms with E-state index in [2.05, 4.69) is 4.74 Å². The molecule has 0 unspecified atom stereocenters. The lowest BCUT2D eigenvalue weighted by Crippen LogP contribution is -2.52. The minimum absolute atomic E-state index is 0.0633. The van der Waals surface area contributed by atoms with Crippen molar-refractivity contribution in [3.63, 3.8) is 0 Å². The number of ether oxygens (including phenoxy) is 2. The summed E-state index contributed by atoms with van der Waals surface area (Å²) in [5.74, 6) is -7.42. The van der Waals surface area contributed by atoms with Gasteiger partial charge in [0.25, 0.3) is 0 Å². The van der Waals surface area contributed by atoms with Crippen molar-refractivity contribution in [2.45, 2.75) is 12.8 Å². The van der Waals surface area contributed by atoms with Crippen molar-refractivity contribution in [1.29, 1.82) is 0 Å². The molecular formula is C9H13F2NO4. The molecule has 1 fully saturated rings. The molecule has 0 N–H and O–H groups in total. The Morgan fingerprint density at radius 2 is 1.94 bits per heavy atom. The lowest BCUT2D eigenvalue weighted by molar-refractivity contribution is -0.184. The molecule has 1 heterocycles. The van der Waals surface area contributed by atoms with Crippen molar-refractivity contribution < 1.29 is 27.8 Å². The van der Waals surface area contributed by atoms with Gasteiger partial charge in [0, 0.05) is 13.1 Å². The third-order valence-corrected chi connectivity index (χ3v) is 2.10. The van der Waals surface area contributed by atoms with E-state index in [1.165, 1.54) is 6.92 Å². The maximum Gasteiger partial charge on any atom is 0.419 e. The summed E-state index contributed by atoms with van der Waals surface area (Å²) in [6, 6.07) is 0. The first kappa shape index (κ1) is 12.8. The first-order valence-electron chi connectivity index (χ1n) is 4.92. The summed E-state index contributed by atoms with van der Waals surface area (Å²) in [5, 5.41) is 0. The van der Waals surface area contributed by atoms with Crippen molar-refractivity contribution >= 4 is 11.9 Å². The van der Waals surface area contributed by atoms with E-state index in [1.807, 2.05) is 0 Å². The van der Waals surface area contributed by atoms with E-state index in [0.29, 0.717) is 0 Å². The molecule has 1 aliphatic rings. The van der Waals surface area contributed by atoms with Crippen LogP contribution in [0.25, 0.3) is 0 Å². The molecule has 16 heavy (non-hydrogen) atoms. The van der Waals surface area contributed by atoms with Crippen LogP contribution in [0, 0.1) is 0 Å². The fraction of sp³-hybridized carbons (Fsp3) is 0.778. The molecule has 7 heteroatoms. The van der Waals surface area contributed by atoms with Crippen LogP contribution in [0.4, 0.5) is 8.78 Å². The highest BCUT2D eigenvalue weighted by molar-refractivity contribution is 6.04. The lowest BCUT2D eigenvalue weighted by Gasteiger charge is -2.29. The number of carbonyl (C=O) groups excluding carboxylic acids is 2. The van der Waals surface area contributed by atoms with Crippen LogP contribution in [0.2, 0.25) is 0 Å². The molecule has 1 aliphatic heterocycles. The fourth-order valence-electron chi connectivity index (χ4n) is 1.27. The topological polar surface area (TPSA) is 55.8 Å². The molecule has 0 radical (unpaired) electrons. The number of carbonyl (C=O) groups is 2. The molecule has 1 amide bonds. The van der Waals surface area contributed by atoms with Crippen molar-refractivity contribution in [3.05, 3.63) is 0 Å². The molecule has 0 bridgehead atoms. The van der Waals surface area contributed by atoms with Crippen molar-refractivity contribution in [2.75, 3.05) is 32.9 Å². The Morgan fingerprint density at radius 1 is 1.38 bits per heavy atom. The highest BCUT2D eigenvalue weighted by Crippen LogP contribution is 2.20. The molecule has 0 aromatic heterocycles. The first-order chi connectivity index (χ1) is 7.50. The lowest BCUT2D eigenvalue weighted by atomic mass is 10.2. The van der Waals surface area contributed by atoms with E-state index in [9.17, 15) is 18.4 Å². The molecule has 0 saturated carbocycles. The van der Waals surface area contributed by atoms with Crippen LogP contribution < -0.4 is 0 Å². The van der Waals surface area contributed by atoms with Gasteiger partial charge < -0.3 is 14.4 Å². The van der Waals surface area contributed by atoms with Crippen LogP contribution in [-0.4, -0.2) is 55.6 Å². The molecule has 0 aromatic carbocycles. The van der Waals surface area contributed by atoms with E-state index >= 15 is 0 Å². The maximum atomic E-state index is 13.3. The standard InChI is InChI=1S/C9H13F2NO4/c1-2-16-8(14)9(10,11)7(13)12-3-5-15-6-4-12/h2-6H2,1H3. The van der Waals surface area contributed by atoms with Gasteiger partial charge in [-0.15, -0.1) is 0 Å². The second kappa shape index (κ2) is 5.20. The van der Waals surface area contributed by atoms with Gasteiger partial charge in [-0.1, -0.05) is 0 Å². The second-order valence-corrected chi connectivity index (χ2v) is 3.20. The summed E-state index contributed by atoms with van der Waals surface area (Å²) in [6.45, 7) is 1.73. The van der Waals surface area contributed by atoms with Crippen LogP contribution in [0.1, 0.15) is 6.92 Å². The van der Waals surface area contributed by atoms with E-state index in [4.69, 9.17) is 4.74 Å². The van der Waals surface area contributed by atoms with Crippen LogP contribution in [0.5, 0.6) is 0 Å². The minimum Gasteiger partial charge on any atom is -0.461 e. The monoisotopic (exact) mass is 237 g/mol. The third kappa shape index (κ3) is 2.66. The molecule has 0 aromatic rings. The maximum absolute atomic E-state index is 13.3. The first-order valence-corrected chi connectivity index (χ1v) is 4.92. The Morgan fingerprint density at radius 3 is 2.44 bits per heavy atom. The van der Waals surface area contributed by atoms with Crippen LogP contribution in [-0.2, 0) is 19.1 Å². The average molecular weight is 237 g/mol. The Kier molecular flexibility index (Phi) is 4.17. The summed E-state index contributed by atoms with van der Waals surface area (Å²) >= 11 is 0. The molecule has 0 aliphatic carbocycles. The number of hydrogen-bond donors (Lipinski definition) is 0. The number of morpholine rings is 1. The van der Waals surface area contributed by atoms with Crippen LogP contribution >= 0.6 is 0 Å². The van der Waals surface area contributed by atoms with Crippen molar-refractivity contribution in [2.24, 2.45) is 0 Å². The predicted octanol–water partition coefficient (Wildman–Crippen LogP) is 0.0436. The number of esters is 1. The Hall–Kier alpha value is -1.24. The zero-order chi connectivity index (χ0) is 12.2. The van der Waals surface area contributed by atoms with Gasteiger partial charge in [-0.25, -0.2) is 4.79 Å². The quantitative estimate of drug-likeness (QED) is 0.514. The smallest absolute Gasteiger partial charge is 0.419 e. The van der Waals surface area contributed by atoms with Gasteiger partial charge >= 0.3 is 17.8 Å². The van der Waals surface area contributed by atoms with Gasteiger partial charge in [0.1, 0.15) is 0 Å². The molecule has 1 rings (SSSR count). The van der Waals surface area contributed by atoms with Crippen molar-refractivity contribution in [3.8, 4) is 0 Å². The third-order valence-electron chi connectivity index (χ3n) is 2.10. The molecular weight excluding hydrogens is 224 g/mol. The zero-order valence-corrected chi connectivity index (χ0v) is 8.87. The van der Waals surface area contributed by atoms with Gasteiger partial charge in [-0.3, -0.25) is 4.79 Å². The number of rotatable bonds is 3. The van der Waals surface area contributed by atoms with Crippen LogP contribution in [0.3, 0.4) is 0 Å². The number of amides is 1. The summed E-state index contributed by atoms with van der Waals surface area (Å²) in [5.41, 5.74) is 0. The molecule has 0 atom stereocenters. The Bertz CT molecular complexity index is 277. The SMILES string of the molecule is CCOC(=O)C(F)(F)C(=O)N1CCOCC1. The summed E-state index contributed by atoms with van der Waals surface area (Å²) < 4.78 is 35.6. The van der Waals surface area contributed by atoms with Crippen molar-refractivity contribution in [1.82, 2.24) is 4.90 Å². The van der Waals surface area contributed by atoms with E-state index in [-0.39, 0.29) is 32.9 Å². The van der Waals surface area contributed by atoms with Gasteiger partial charge in [0.15, 0.2) is 0 Å². The van der Waals surface area contributed by atoms with Gasteiger partial charge in [-0.2, -0.15) is 8.78 Å². The highest BCUT2D eigenvalue weighted by Gasteiger charge is 2.51. The molecule has 5 nitrogen and oxygen atoms in total. The number of hydrogen-bond acceptors (Lipinski definition) is 4. The highest BCUT2D eigenvalue weighted by atomic mass is 19.3. The van der Waals surface area contributed by atoms with Gasteiger partial charge in [0.2, 0.25) is 0 Å². The van der Waals surface area contributed by atoms with E-state index in [0.717, 1.165) is 4.90 Å². The molecule has 92 valence electrons. The van der Waals surface area contributed by atoms with E-state index < -0.39 is 17.8 Å². The summed E-state index contributed by atoms with van der Waals surface area (Å²) in [4.78, 5) is 23.2. The predicted molar refractivity (Wildman–Crippen MR) is 49.0 cm³/mol. The largest absolute Gasteiger partial charge is 0.461 e. The molecule has 0 spiro atoms. The van der Waals surface area contributed by atoms with E-state index in [1.54, 1.807) is 0 Å². The summed E-state index contributed by atoms with van der Waals surface area (Å²) in [6.07, 6.45) is 0. The van der Waals surface area contributed by atoms with Gasteiger partial charge in [-0.05, 0) is 6.92 Å². The fourth-order valence-corrected chi connectivity index (χ4v) is 1.27. The number of halogens is 2. The normalized spacial score (nSPS) is 17.1. The second-order valence-electron chi connectivity index (χ2n) is 3.20.